The summed E-state index contributed by atoms with van der Waals surface area (Å²) in [6.07, 6.45) is 0. The number of hydrogen-bond donors (Lipinski definition) is 0. The highest BCUT2D eigenvalue weighted by atomic mass is 35.5. The Morgan fingerprint density at radius 2 is 1.61 bits per heavy atom. The summed E-state index contributed by atoms with van der Waals surface area (Å²) in [5.41, 5.74) is 2.69. The number of rotatable bonds is 6. The topological polar surface area (TPSA) is 66.7 Å². The van der Waals surface area contributed by atoms with Gasteiger partial charge in [-0.25, -0.2) is 0 Å². The minimum atomic E-state index is -0.472. The Hall–Kier alpha value is -3.22. The number of hydrogen-bond acceptors (Lipinski definition) is 5. The molecular weight excluding hydrogens is 414 g/mol. The van der Waals surface area contributed by atoms with Crippen molar-refractivity contribution in [2.75, 3.05) is 31.1 Å². The normalized spacial score (nSPS) is 14.4. The van der Waals surface area contributed by atoms with E-state index in [4.69, 9.17) is 11.6 Å². The first kappa shape index (κ1) is 21.0. The SMILES string of the molecule is O=C(c1ccc(Cl)cc1)c1cc([N+](=O)[O-])ccc1N1CCN(Cc2ccccc2)CC1. The number of non-ortho nitro benzene ring substituents is 1. The van der Waals surface area contributed by atoms with Crippen LogP contribution in [0.3, 0.4) is 0 Å². The first-order valence-electron chi connectivity index (χ1n) is 10.1. The van der Waals surface area contributed by atoms with Crippen molar-refractivity contribution in [1.29, 1.82) is 0 Å². The summed E-state index contributed by atoms with van der Waals surface area (Å²) in [6.45, 7) is 4.06. The third-order valence-electron chi connectivity index (χ3n) is 5.50. The maximum absolute atomic E-state index is 13.2. The third kappa shape index (κ3) is 4.93. The van der Waals surface area contributed by atoms with Gasteiger partial charge in [0, 0.05) is 61.1 Å². The molecule has 3 aromatic rings. The number of nitro groups is 1. The Morgan fingerprint density at radius 3 is 2.26 bits per heavy atom. The number of carbonyl (C=O) groups is 1. The van der Waals surface area contributed by atoms with Crippen LogP contribution in [-0.4, -0.2) is 41.8 Å². The molecule has 0 aromatic heterocycles. The first-order valence-corrected chi connectivity index (χ1v) is 10.5. The van der Waals surface area contributed by atoms with E-state index >= 15 is 0 Å². The Balaban J connectivity index is 1.56. The molecule has 0 amide bonds. The Bertz CT molecular complexity index is 1080. The van der Waals surface area contributed by atoms with Crippen LogP contribution >= 0.6 is 11.6 Å². The van der Waals surface area contributed by atoms with Crippen LogP contribution < -0.4 is 4.90 Å². The Kier molecular flexibility index (Phi) is 6.30. The molecule has 0 aliphatic carbocycles. The zero-order chi connectivity index (χ0) is 21.8. The molecular formula is C24H22ClN3O3. The maximum atomic E-state index is 13.2. The van der Waals surface area contributed by atoms with Gasteiger partial charge in [0.2, 0.25) is 0 Å². The zero-order valence-corrected chi connectivity index (χ0v) is 17.7. The van der Waals surface area contributed by atoms with Crippen molar-refractivity contribution < 1.29 is 9.72 Å². The lowest BCUT2D eigenvalue weighted by molar-refractivity contribution is -0.384. The molecule has 6 nitrogen and oxygen atoms in total. The molecule has 1 aliphatic rings. The summed E-state index contributed by atoms with van der Waals surface area (Å²) in [7, 11) is 0. The van der Waals surface area contributed by atoms with Crippen molar-refractivity contribution in [3.05, 3.63) is 105 Å². The molecule has 0 radical (unpaired) electrons. The standard InChI is InChI=1S/C24H22ClN3O3/c25-20-8-6-19(7-9-20)24(29)22-16-21(28(30)31)10-11-23(22)27-14-12-26(13-15-27)17-18-4-2-1-3-5-18/h1-11,16H,12-15,17H2. The van der Waals surface area contributed by atoms with Gasteiger partial charge in [-0.3, -0.25) is 19.8 Å². The van der Waals surface area contributed by atoms with Gasteiger partial charge in [0.1, 0.15) is 0 Å². The van der Waals surface area contributed by atoms with Gasteiger partial charge in [0.05, 0.1) is 10.5 Å². The van der Waals surface area contributed by atoms with Crippen molar-refractivity contribution in [3.63, 3.8) is 0 Å². The molecule has 0 spiro atoms. The summed E-state index contributed by atoms with van der Waals surface area (Å²) in [6, 6.07) is 21.4. The Labute approximate surface area is 185 Å². The van der Waals surface area contributed by atoms with E-state index in [1.807, 2.05) is 18.2 Å². The van der Waals surface area contributed by atoms with Gasteiger partial charge < -0.3 is 4.90 Å². The highest BCUT2D eigenvalue weighted by Gasteiger charge is 2.24. The first-order chi connectivity index (χ1) is 15.0. The van der Waals surface area contributed by atoms with Gasteiger partial charge in [-0.05, 0) is 35.9 Å². The van der Waals surface area contributed by atoms with Gasteiger partial charge in [0.15, 0.2) is 5.78 Å². The van der Waals surface area contributed by atoms with Crippen molar-refractivity contribution in [2.45, 2.75) is 6.54 Å². The molecule has 7 heteroatoms. The van der Waals surface area contributed by atoms with Crippen LogP contribution in [-0.2, 0) is 6.54 Å². The summed E-state index contributed by atoms with van der Waals surface area (Å²) in [5.74, 6) is -0.248. The van der Waals surface area contributed by atoms with Gasteiger partial charge in [-0.1, -0.05) is 41.9 Å². The second kappa shape index (κ2) is 9.29. The lowest BCUT2D eigenvalue weighted by atomic mass is 10.00. The molecule has 4 rings (SSSR count). The summed E-state index contributed by atoms with van der Waals surface area (Å²) >= 11 is 5.94. The van der Waals surface area contributed by atoms with E-state index < -0.39 is 4.92 Å². The average molecular weight is 436 g/mol. The number of halogens is 1. The van der Waals surface area contributed by atoms with Gasteiger partial charge >= 0.3 is 0 Å². The summed E-state index contributed by atoms with van der Waals surface area (Å²) in [4.78, 5) is 28.6. The smallest absolute Gasteiger partial charge is 0.270 e. The van der Waals surface area contributed by atoms with E-state index in [9.17, 15) is 14.9 Å². The zero-order valence-electron chi connectivity index (χ0n) is 16.9. The number of nitrogens with zero attached hydrogens (tertiary/aromatic N) is 3. The lowest BCUT2D eigenvalue weighted by Gasteiger charge is -2.36. The van der Waals surface area contributed by atoms with Crippen LogP contribution in [0.4, 0.5) is 11.4 Å². The van der Waals surface area contributed by atoms with Crippen LogP contribution in [0.2, 0.25) is 5.02 Å². The summed E-state index contributed by atoms with van der Waals surface area (Å²) < 4.78 is 0. The van der Waals surface area contributed by atoms with Crippen LogP contribution in [0.1, 0.15) is 21.5 Å². The largest absolute Gasteiger partial charge is 0.368 e. The van der Waals surface area contributed by atoms with Crippen molar-refractivity contribution >= 4 is 28.8 Å². The lowest BCUT2D eigenvalue weighted by Crippen LogP contribution is -2.46. The molecule has 0 atom stereocenters. The second-order valence-electron chi connectivity index (χ2n) is 7.54. The molecule has 0 N–H and O–H groups in total. The number of anilines is 1. The Morgan fingerprint density at radius 1 is 0.935 bits per heavy atom. The minimum Gasteiger partial charge on any atom is -0.368 e. The van der Waals surface area contributed by atoms with Gasteiger partial charge in [-0.2, -0.15) is 0 Å². The molecule has 1 heterocycles. The van der Waals surface area contributed by atoms with Crippen LogP contribution in [0.25, 0.3) is 0 Å². The molecule has 1 saturated heterocycles. The second-order valence-corrected chi connectivity index (χ2v) is 7.98. The molecule has 0 unspecified atom stereocenters. The summed E-state index contributed by atoms with van der Waals surface area (Å²) in [5, 5.41) is 11.9. The van der Waals surface area contributed by atoms with Gasteiger partial charge in [-0.15, -0.1) is 0 Å². The number of benzene rings is 3. The van der Waals surface area contributed by atoms with E-state index in [1.165, 1.54) is 17.7 Å². The number of piperazine rings is 1. The molecule has 158 valence electrons. The van der Waals surface area contributed by atoms with Crippen LogP contribution in [0.5, 0.6) is 0 Å². The molecule has 1 aliphatic heterocycles. The van der Waals surface area contributed by atoms with E-state index in [2.05, 4.69) is 21.9 Å². The molecule has 1 fully saturated rings. The number of nitro benzene ring substituents is 1. The highest BCUT2D eigenvalue weighted by Crippen LogP contribution is 2.29. The van der Waals surface area contributed by atoms with E-state index in [-0.39, 0.29) is 11.5 Å². The predicted octanol–water partition coefficient (Wildman–Crippen LogP) is 4.80. The minimum absolute atomic E-state index is 0.0937. The molecule has 0 saturated carbocycles. The highest BCUT2D eigenvalue weighted by molar-refractivity contribution is 6.30. The molecule has 31 heavy (non-hydrogen) atoms. The molecule has 0 bridgehead atoms. The van der Waals surface area contributed by atoms with Crippen molar-refractivity contribution in [1.82, 2.24) is 4.90 Å². The van der Waals surface area contributed by atoms with Crippen LogP contribution in [0, 0.1) is 10.1 Å². The molecule has 3 aromatic carbocycles. The predicted molar refractivity (Wildman–Crippen MR) is 122 cm³/mol. The number of carbonyl (C=O) groups excluding carboxylic acids is 1. The average Bonchev–Trinajstić information content (AvgIpc) is 2.80. The third-order valence-corrected chi connectivity index (χ3v) is 5.76. The number of ketones is 1. The van der Waals surface area contributed by atoms with E-state index in [1.54, 1.807) is 30.3 Å². The van der Waals surface area contributed by atoms with E-state index in [0.717, 1.165) is 38.4 Å². The fourth-order valence-electron chi connectivity index (χ4n) is 3.84. The van der Waals surface area contributed by atoms with Crippen LogP contribution in [0.15, 0.2) is 72.8 Å². The fraction of sp³-hybridized carbons (Fsp3) is 0.208. The van der Waals surface area contributed by atoms with Crippen molar-refractivity contribution in [2.24, 2.45) is 0 Å². The quantitative estimate of drug-likeness (QED) is 0.316. The maximum Gasteiger partial charge on any atom is 0.270 e. The van der Waals surface area contributed by atoms with E-state index in [0.29, 0.717) is 16.1 Å². The monoisotopic (exact) mass is 435 g/mol. The van der Waals surface area contributed by atoms with Crippen molar-refractivity contribution in [3.8, 4) is 0 Å². The fourth-order valence-corrected chi connectivity index (χ4v) is 3.97. The van der Waals surface area contributed by atoms with Gasteiger partial charge in [0.25, 0.3) is 5.69 Å².